The van der Waals surface area contributed by atoms with Gasteiger partial charge in [-0.2, -0.15) is 0 Å². The highest BCUT2D eigenvalue weighted by atomic mass is 16.3. The van der Waals surface area contributed by atoms with Crippen LogP contribution in [0.25, 0.3) is 22.1 Å². The highest BCUT2D eigenvalue weighted by Gasteiger charge is 2.07. The quantitative estimate of drug-likeness (QED) is 0.552. The second-order valence-electron chi connectivity index (χ2n) is 3.29. The lowest BCUT2D eigenvalue weighted by Gasteiger charge is -1.85. The SMILES string of the molecule is Cc1cc2oc3ccccc3c2[nH]1. The zero-order valence-electron chi connectivity index (χ0n) is 7.29. The molecular formula is C11H9NO. The number of H-pyrrole nitrogens is 1. The van der Waals surface area contributed by atoms with E-state index in [1.807, 2.05) is 31.2 Å². The molecule has 0 aliphatic rings. The van der Waals surface area contributed by atoms with Crippen molar-refractivity contribution in [1.29, 1.82) is 0 Å². The van der Waals surface area contributed by atoms with E-state index >= 15 is 0 Å². The van der Waals surface area contributed by atoms with Crippen molar-refractivity contribution in [1.82, 2.24) is 4.98 Å². The van der Waals surface area contributed by atoms with E-state index in [1.165, 1.54) is 0 Å². The van der Waals surface area contributed by atoms with Crippen LogP contribution in [0.15, 0.2) is 34.7 Å². The van der Waals surface area contributed by atoms with Crippen molar-refractivity contribution in [2.75, 3.05) is 0 Å². The molecule has 0 radical (unpaired) electrons. The molecule has 0 saturated carbocycles. The Balaban J connectivity index is 2.60. The van der Waals surface area contributed by atoms with Crippen LogP contribution in [0.3, 0.4) is 0 Å². The Hall–Kier alpha value is -1.70. The normalized spacial score (nSPS) is 11.5. The lowest BCUT2D eigenvalue weighted by atomic mass is 10.2. The molecule has 0 amide bonds. The lowest BCUT2D eigenvalue weighted by molar-refractivity contribution is 0.669. The summed E-state index contributed by atoms with van der Waals surface area (Å²) in [5.41, 5.74) is 4.13. The molecule has 0 aliphatic carbocycles. The average molecular weight is 171 g/mol. The lowest BCUT2D eigenvalue weighted by Crippen LogP contribution is -1.68. The largest absolute Gasteiger partial charge is 0.454 e. The minimum absolute atomic E-state index is 0.943. The van der Waals surface area contributed by atoms with Gasteiger partial charge >= 0.3 is 0 Å². The van der Waals surface area contributed by atoms with Crippen molar-refractivity contribution in [3.05, 3.63) is 36.0 Å². The molecule has 2 heterocycles. The highest BCUT2D eigenvalue weighted by molar-refractivity contribution is 6.02. The van der Waals surface area contributed by atoms with Gasteiger partial charge in [-0.15, -0.1) is 0 Å². The van der Waals surface area contributed by atoms with Gasteiger partial charge in [0.25, 0.3) is 0 Å². The molecule has 0 fully saturated rings. The van der Waals surface area contributed by atoms with Gasteiger partial charge < -0.3 is 9.40 Å². The molecule has 1 aromatic carbocycles. The Bertz CT molecular complexity index is 574. The number of nitrogens with one attached hydrogen (secondary N) is 1. The topological polar surface area (TPSA) is 28.9 Å². The molecule has 2 heteroatoms. The molecular weight excluding hydrogens is 162 g/mol. The monoisotopic (exact) mass is 171 g/mol. The maximum atomic E-state index is 5.64. The Morgan fingerprint density at radius 3 is 2.92 bits per heavy atom. The number of hydrogen-bond donors (Lipinski definition) is 1. The Labute approximate surface area is 75.2 Å². The van der Waals surface area contributed by atoms with E-state index in [0.29, 0.717) is 0 Å². The predicted molar refractivity (Wildman–Crippen MR) is 52.8 cm³/mol. The molecule has 1 N–H and O–H groups in total. The number of hydrogen-bond acceptors (Lipinski definition) is 1. The molecule has 0 unspecified atom stereocenters. The van der Waals surface area contributed by atoms with E-state index in [-0.39, 0.29) is 0 Å². The predicted octanol–water partition coefficient (Wildman–Crippen LogP) is 3.22. The van der Waals surface area contributed by atoms with Crippen LogP contribution in [0.5, 0.6) is 0 Å². The zero-order valence-corrected chi connectivity index (χ0v) is 7.29. The van der Waals surface area contributed by atoms with Crippen LogP contribution in [0.1, 0.15) is 5.69 Å². The molecule has 64 valence electrons. The highest BCUT2D eigenvalue weighted by Crippen LogP contribution is 2.27. The summed E-state index contributed by atoms with van der Waals surface area (Å²) in [5.74, 6) is 0. The molecule has 3 rings (SSSR count). The van der Waals surface area contributed by atoms with Gasteiger partial charge in [0.05, 0.1) is 5.52 Å². The number of benzene rings is 1. The maximum absolute atomic E-state index is 5.64. The fraction of sp³-hybridized carbons (Fsp3) is 0.0909. The van der Waals surface area contributed by atoms with Crippen molar-refractivity contribution in [2.45, 2.75) is 6.92 Å². The summed E-state index contributed by atoms with van der Waals surface area (Å²) in [4.78, 5) is 3.29. The summed E-state index contributed by atoms with van der Waals surface area (Å²) >= 11 is 0. The molecule has 0 spiro atoms. The van der Waals surface area contributed by atoms with Gasteiger partial charge in [-0.1, -0.05) is 12.1 Å². The molecule has 2 aromatic heterocycles. The number of aromatic nitrogens is 1. The number of furan rings is 1. The summed E-state index contributed by atoms with van der Waals surface area (Å²) in [6.45, 7) is 2.03. The molecule has 2 nitrogen and oxygen atoms in total. The third-order valence-corrected chi connectivity index (χ3v) is 2.29. The standard InChI is InChI=1S/C11H9NO/c1-7-6-10-11(12-7)8-4-2-3-5-9(8)13-10/h2-6,12H,1H3. The molecule has 0 saturated heterocycles. The molecule has 13 heavy (non-hydrogen) atoms. The summed E-state index contributed by atoms with van der Waals surface area (Å²) in [6, 6.07) is 10.1. The third kappa shape index (κ3) is 0.827. The van der Waals surface area contributed by atoms with E-state index in [4.69, 9.17) is 4.42 Å². The molecule has 3 aromatic rings. The van der Waals surface area contributed by atoms with E-state index in [0.717, 1.165) is 27.8 Å². The molecule has 0 atom stereocenters. The average Bonchev–Trinajstić information content (AvgIpc) is 2.60. The van der Waals surface area contributed by atoms with E-state index in [9.17, 15) is 0 Å². The maximum Gasteiger partial charge on any atom is 0.153 e. The van der Waals surface area contributed by atoms with Crippen molar-refractivity contribution >= 4 is 22.1 Å². The first-order chi connectivity index (χ1) is 6.34. The number of fused-ring (bicyclic) bond motifs is 3. The number of para-hydroxylation sites is 1. The van der Waals surface area contributed by atoms with Crippen molar-refractivity contribution in [3.8, 4) is 0 Å². The third-order valence-electron chi connectivity index (χ3n) is 2.29. The zero-order chi connectivity index (χ0) is 8.84. The molecule has 0 aliphatic heterocycles. The van der Waals surface area contributed by atoms with Gasteiger partial charge in [0, 0.05) is 17.1 Å². The van der Waals surface area contributed by atoms with Crippen LogP contribution in [0.4, 0.5) is 0 Å². The van der Waals surface area contributed by atoms with Crippen LogP contribution in [-0.4, -0.2) is 4.98 Å². The van der Waals surface area contributed by atoms with E-state index < -0.39 is 0 Å². The van der Waals surface area contributed by atoms with Gasteiger partial charge in [-0.25, -0.2) is 0 Å². The fourth-order valence-corrected chi connectivity index (χ4v) is 1.72. The smallest absolute Gasteiger partial charge is 0.153 e. The van der Waals surface area contributed by atoms with Crippen molar-refractivity contribution in [3.63, 3.8) is 0 Å². The van der Waals surface area contributed by atoms with E-state index in [1.54, 1.807) is 0 Å². The Morgan fingerprint density at radius 1 is 1.15 bits per heavy atom. The first kappa shape index (κ1) is 6.78. The van der Waals surface area contributed by atoms with Gasteiger partial charge in [-0.05, 0) is 19.1 Å². The van der Waals surface area contributed by atoms with Crippen LogP contribution < -0.4 is 0 Å². The van der Waals surface area contributed by atoms with Gasteiger partial charge in [0.1, 0.15) is 5.58 Å². The number of aromatic amines is 1. The minimum Gasteiger partial charge on any atom is -0.454 e. The van der Waals surface area contributed by atoms with Gasteiger partial charge in [0.15, 0.2) is 5.58 Å². The van der Waals surface area contributed by atoms with Gasteiger partial charge in [-0.3, -0.25) is 0 Å². The number of aryl methyl sites for hydroxylation is 1. The second-order valence-corrected chi connectivity index (χ2v) is 3.29. The summed E-state index contributed by atoms with van der Waals surface area (Å²) in [6.07, 6.45) is 0. The van der Waals surface area contributed by atoms with Crippen molar-refractivity contribution < 1.29 is 4.42 Å². The summed E-state index contributed by atoms with van der Waals surface area (Å²) in [5, 5.41) is 1.16. The number of rotatable bonds is 0. The molecule has 0 bridgehead atoms. The van der Waals surface area contributed by atoms with Crippen LogP contribution >= 0.6 is 0 Å². The first-order valence-corrected chi connectivity index (χ1v) is 4.31. The van der Waals surface area contributed by atoms with E-state index in [2.05, 4.69) is 11.1 Å². The summed E-state index contributed by atoms with van der Waals surface area (Å²) < 4.78 is 5.64. The van der Waals surface area contributed by atoms with Crippen LogP contribution in [0.2, 0.25) is 0 Å². The Kier molecular flexibility index (Phi) is 1.13. The summed E-state index contributed by atoms with van der Waals surface area (Å²) in [7, 11) is 0. The second kappa shape index (κ2) is 2.16. The van der Waals surface area contributed by atoms with Gasteiger partial charge in [0.2, 0.25) is 0 Å². The first-order valence-electron chi connectivity index (χ1n) is 4.31. The van der Waals surface area contributed by atoms with Crippen LogP contribution in [-0.2, 0) is 0 Å². The Morgan fingerprint density at radius 2 is 2.00 bits per heavy atom. The minimum atomic E-state index is 0.943. The fourth-order valence-electron chi connectivity index (χ4n) is 1.72. The van der Waals surface area contributed by atoms with Crippen LogP contribution in [0, 0.1) is 6.92 Å². The van der Waals surface area contributed by atoms with Crippen molar-refractivity contribution in [2.24, 2.45) is 0 Å².